The number of halogens is 3. The number of fused-ring (bicyclic) bond motifs is 1. The number of nitrogens with zero attached hydrogens (tertiary/aromatic N) is 2. The van der Waals surface area contributed by atoms with Crippen LogP contribution < -0.4 is 15.4 Å². The van der Waals surface area contributed by atoms with E-state index in [1.807, 2.05) is 13.8 Å². The Morgan fingerprint density at radius 3 is 2.48 bits per heavy atom. The van der Waals surface area contributed by atoms with Crippen LogP contribution in [0.25, 0.3) is 0 Å². The second-order valence-corrected chi connectivity index (χ2v) is 12.8. The smallest absolute Gasteiger partial charge is 0.389 e. The van der Waals surface area contributed by atoms with Gasteiger partial charge < -0.3 is 35.0 Å². The molecule has 0 bridgehead atoms. The monoisotopic (exact) mass is 656 g/mol. The van der Waals surface area contributed by atoms with Crippen LogP contribution >= 0.6 is 0 Å². The summed E-state index contributed by atoms with van der Waals surface area (Å²) < 4.78 is 50.6. The first-order chi connectivity index (χ1) is 21.8. The molecule has 10 nitrogen and oxygen atoms in total. The molecule has 46 heavy (non-hydrogen) atoms. The van der Waals surface area contributed by atoms with E-state index < -0.39 is 43.0 Å². The highest BCUT2D eigenvalue weighted by Crippen LogP contribution is 2.29. The largest absolute Gasteiger partial charge is 0.490 e. The predicted molar refractivity (Wildman–Crippen MR) is 169 cm³/mol. The first kappa shape index (κ1) is 37.4. The number of carbonyl (C=O) groups is 3. The van der Waals surface area contributed by atoms with Crippen LogP contribution in [0.4, 0.5) is 23.7 Å². The number of hydrogen-bond donors (Lipinski definition) is 3. The minimum atomic E-state index is -4.43. The summed E-state index contributed by atoms with van der Waals surface area (Å²) in [5, 5.41) is 16.0. The molecule has 0 radical (unpaired) electrons. The first-order valence-corrected chi connectivity index (χ1v) is 16.5. The average Bonchev–Trinajstić information content (AvgIpc) is 3.01. The third-order valence-corrected chi connectivity index (χ3v) is 8.75. The molecule has 1 aromatic rings. The SMILES string of the molecule is C[C@@H]1CCCCO[C@H](CN(C)C(=O)CCC(F)(F)F)[C@H](C)CN([C@@H](C)CO)C(=O)c2cc(NC(=O)NC3CCCCC3)ccc2O1. The summed E-state index contributed by atoms with van der Waals surface area (Å²) >= 11 is 0. The Labute approximate surface area is 270 Å². The van der Waals surface area contributed by atoms with Crippen molar-refractivity contribution >= 4 is 23.5 Å². The number of rotatable bonds is 8. The van der Waals surface area contributed by atoms with Crippen LogP contribution in [0.15, 0.2) is 18.2 Å². The van der Waals surface area contributed by atoms with Gasteiger partial charge in [-0.05, 0) is 64.2 Å². The van der Waals surface area contributed by atoms with Crippen molar-refractivity contribution in [2.75, 3.05) is 38.7 Å². The number of ether oxygens (including phenoxy) is 2. The van der Waals surface area contributed by atoms with Gasteiger partial charge in [-0.2, -0.15) is 13.2 Å². The molecule has 13 heteroatoms. The standard InChI is InChI=1S/C33H51F3N4O6/c1-22-19-40(23(2)21-41)31(43)27-18-26(38-32(44)37-25-11-6-5-7-12-25)13-14-28(27)46-24(3)10-8-9-17-45-29(22)20-39(4)30(42)15-16-33(34,35)36/h13-14,18,22-25,29,41H,5-12,15-17,19-21H2,1-4H3,(H2,37,38,44)/t22-,23+,24-,29-/m1/s1. The highest BCUT2D eigenvalue weighted by Gasteiger charge is 2.32. The van der Waals surface area contributed by atoms with Gasteiger partial charge in [-0.1, -0.05) is 26.2 Å². The number of amides is 4. The zero-order valence-electron chi connectivity index (χ0n) is 27.5. The molecule has 2 aliphatic rings. The van der Waals surface area contributed by atoms with E-state index in [2.05, 4.69) is 10.6 Å². The third kappa shape index (κ3) is 11.9. The Morgan fingerprint density at radius 1 is 1.11 bits per heavy atom. The van der Waals surface area contributed by atoms with E-state index in [0.717, 1.165) is 38.5 Å². The summed E-state index contributed by atoms with van der Waals surface area (Å²) in [6.07, 6.45) is 0.193. The second-order valence-electron chi connectivity index (χ2n) is 12.8. The Bertz CT molecular complexity index is 1150. The van der Waals surface area contributed by atoms with Gasteiger partial charge in [-0.25, -0.2) is 4.79 Å². The number of aliphatic hydroxyl groups is 1. The van der Waals surface area contributed by atoms with Crippen molar-refractivity contribution < 1.29 is 42.1 Å². The molecule has 1 aliphatic heterocycles. The maximum absolute atomic E-state index is 14.2. The molecular weight excluding hydrogens is 605 g/mol. The quantitative estimate of drug-likeness (QED) is 0.329. The Hall–Kier alpha value is -3.06. The fraction of sp³-hybridized carbons (Fsp3) is 0.727. The minimum Gasteiger partial charge on any atom is -0.490 e. The number of benzene rings is 1. The fourth-order valence-corrected chi connectivity index (χ4v) is 5.87. The molecule has 4 atom stereocenters. The number of anilines is 1. The molecule has 1 aromatic carbocycles. The number of likely N-dealkylation sites (N-methyl/N-ethyl adjacent to an activating group) is 1. The van der Waals surface area contributed by atoms with Crippen molar-refractivity contribution in [1.82, 2.24) is 15.1 Å². The van der Waals surface area contributed by atoms with Gasteiger partial charge >= 0.3 is 12.2 Å². The lowest BCUT2D eigenvalue weighted by molar-refractivity contribution is -0.149. The summed E-state index contributed by atoms with van der Waals surface area (Å²) in [5.41, 5.74) is 0.645. The Kier molecular flexibility index (Phi) is 14.4. The van der Waals surface area contributed by atoms with Crippen molar-refractivity contribution in [3.63, 3.8) is 0 Å². The number of aliphatic hydroxyl groups excluding tert-OH is 1. The van der Waals surface area contributed by atoms with Crippen LogP contribution in [0.5, 0.6) is 5.75 Å². The molecule has 260 valence electrons. The second kappa shape index (κ2) is 17.7. The molecule has 0 unspecified atom stereocenters. The summed E-state index contributed by atoms with van der Waals surface area (Å²) in [4.78, 5) is 42.3. The van der Waals surface area contributed by atoms with Crippen LogP contribution in [0.1, 0.15) is 95.3 Å². The third-order valence-electron chi connectivity index (χ3n) is 8.75. The van der Waals surface area contributed by atoms with Crippen molar-refractivity contribution in [3.05, 3.63) is 23.8 Å². The molecular formula is C33H51F3N4O6. The van der Waals surface area contributed by atoms with Gasteiger partial charge in [0.05, 0.1) is 36.8 Å². The van der Waals surface area contributed by atoms with Crippen LogP contribution in [0.3, 0.4) is 0 Å². The lowest BCUT2D eigenvalue weighted by atomic mass is 9.96. The summed E-state index contributed by atoms with van der Waals surface area (Å²) in [6.45, 7) is 5.68. The maximum Gasteiger partial charge on any atom is 0.389 e. The highest BCUT2D eigenvalue weighted by atomic mass is 19.4. The molecule has 1 saturated carbocycles. The summed E-state index contributed by atoms with van der Waals surface area (Å²) in [6, 6.07) is 4.10. The van der Waals surface area contributed by atoms with Crippen LogP contribution in [0, 0.1) is 5.92 Å². The maximum atomic E-state index is 14.2. The van der Waals surface area contributed by atoms with E-state index in [1.165, 1.54) is 16.8 Å². The molecule has 3 rings (SSSR count). The normalized spacial score (nSPS) is 23.0. The van der Waals surface area contributed by atoms with Crippen LogP contribution in [-0.4, -0.2) is 96.6 Å². The van der Waals surface area contributed by atoms with Gasteiger partial charge in [-0.15, -0.1) is 0 Å². The van der Waals surface area contributed by atoms with E-state index in [4.69, 9.17) is 9.47 Å². The van der Waals surface area contributed by atoms with Crippen molar-refractivity contribution in [1.29, 1.82) is 0 Å². The van der Waals surface area contributed by atoms with E-state index in [9.17, 15) is 32.7 Å². The zero-order chi connectivity index (χ0) is 33.9. The van der Waals surface area contributed by atoms with Crippen molar-refractivity contribution in [2.24, 2.45) is 5.92 Å². The average molecular weight is 657 g/mol. The Morgan fingerprint density at radius 2 is 1.80 bits per heavy atom. The van der Waals surface area contributed by atoms with Gasteiger partial charge in [0.2, 0.25) is 5.91 Å². The number of alkyl halides is 3. The van der Waals surface area contributed by atoms with E-state index in [1.54, 1.807) is 25.1 Å². The van der Waals surface area contributed by atoms with Gasteiger partial charge in [0.15, 0.2) is 0 Å². The lowest BCUT2D eigenvalue weighted by Crippen LogP contribution is -2.48. The van der Waals surface area contributed by atoms with Gasteiger partial charge in [-0.3, -0.25) is 9.59 Å². The minimum absolute atomic E-state index is 0.0493. The fourth-order valence-electron chi connectivity index (χ4n) is 5.87. The molecule has 1 heterocycles. The molecule has 3 N–H and O–H groups in total. The molecule has 0 saturated heterocycles. The topological polar surface area (TPSA) is 120 Å². The van der Waals surface area contributed by atoms with Gasteiger partial charge in [0.25, 0.3) is 5.91 Å². The summed E-state index contributed by atoms with van der Waals surface area (Å²) in [5.74, 6) is -1.06. The Balaban J connectivity index is 1.86. The van der Waals surface area contributed by atoms with Gasteiger partial charge in [0, 0.05) is 50.8 Å². The number of urea groups is 1. The van der Waals surface area contributed by atoms with Crippen LogP contribution in [-0.2, 0) is 9.53 Å². The number of nitrogens with one attached hydrogen (secondary N) is 2. The van der Waals surface area contributed by atoms with Crippen LogP contribution in [0.2, 0.25) is 0 Å². The van der Waals surface area contributed by atoms with Gasteiger partial charge in [0.1, 0.15) is 5.75 Å². The van der Waals surface area contributed by atoms with E-state index >= 15 is 0 Å². The molecule has 0 spiro atoms. The number of hydrogen-bond acceptors (Lipinski definition) is 6. The first-order valence-electron chi connectivity index (χ1n) is 16.5. The van der Waals surface area contributed by atoms with E-state index in [-0.39, 0.29) is 49.4 Å². The van der Waals surface area contributed by atoms with Crippen molar-refractivity contribution in [3.8, 4) is 5.75 Å². The van der Waals surface area contributed by atoms with Crippen molar-refractivity contribution in [2.45, 2.75) is 115 Å². The lowest BCUT2D eigenvalue weighted by Gasteiger charge is -2.36. The molecule has 1 fully saturated rings. The molecule has 4 amide bonds. The molecule has 1 aliphatic carbocycles. The van der Waals surface area contributed by atoms with E-state index in [0.29, 0.717) is 30.9 Å². The summed E-state index contributed by atoms with van der Waals surface area (Å²) in [7, 11) is 1.45. The number of carbonyl (C=O) groups excluding carboxylic acids is 3. The predicted octanol–water partition coefficient (Wildman–Crippen LogP) is 5.74. The zero-order valence-corrected chi connectivity index (χ0v) is 27.5. The highest BCUT2D eigenvalue weighted by molar-refractivity contribution is 5.99. The molecule has 0 aromatic heterocycles.